The number of hydrogen-bond acceptors (Lipinski definition) is 14. The molecule has 18 heteroatoms. The zero-order chi connectivity index (χ0) is 69.5. The van der Waals surface area contributed by atoms with Crippen molar-refractivity contribution in [3.8, 4) is 0 Å². The number of ether oxygens (including phenoxy) is 3. The Morgan fingerprint density at radius 2 is 0.526 bits per heavy atom. The summed E-state index contributed by atoms with van der Waals surface area (Å²) in [7, 11) is -9.80. The first-order valence-electron chi connectivity index (χ1n) is 36.1. The van der Waals surface area contributed by atoms with Crippen LogP contribution >= 0.6 is 15.6 Å². The van der Waals surface area contributed by atoms with Crippen LogP contribution in [0.5, 0.6) is 0 Å². The third-order valence-electron chi connectivity index (χ3n) is 14.5. The smallest absolute Gasteiger partial charge is 0.463 e. The molecule has 0 spiro atoms. The first kappa shape index (κ1) is 90.4. The number of allylic oxidation sites excluding steroid dienone is 24. The van der Waals surface area contributed by atoms with E-state index in [1.807, 2.05) is 0 Å². The van der Waals surface area contributed by atoms with Crippen molar-refractivity contribution in [2.45, 2.75) is 283 Å². The minimum absolute atomic E-state index is 0.0852. The van der Waals surface area contributed by atoms with Crippen molar-refractivity contribution in [2.24, 2.45) is 0 Å². The van der Waals surface area contributed by atoms with E-state index in [-0.39, 0.29) is 19.3 Å². The van der Waals surface area contributed by atoms with Crippen molar-refractivity contribution >= 4 is 33.6 Å². The molecular weight excluding hydrogens is 1240 g/mol. The molecule has 4 N–H and O–H groups in total. The monoisotopic (exact) mass is 1370 g/mol. The lowest BCUT2D eigenvalue weighted by Gasteiger charge is -2.21. The van der Waals surface area contributed by atoms with Crippen molar-refractivity contribution < 1.29 is 75.8 Å². The minimum Gasteiger partial charge on any atom is -0.463 e. The maximum absolute atomic E-state index is 13.0. The zero-order valence-electron chi connectivity index (χ0n) is 58.8. The molecule has 0 aliphatic heterocycles. The molecule has 0 rings (SSSR count). The number of phosphoric ester groups is 2. The molecule has 0 aliphatic rings. The Hall–Kier alpha value is -4.57. The highest BCUT2D eigenvalue weighted by molar-refractivity contribution is 7.47. The topological polar surface area (TPSA) is 231 Å². The van der Waals surface area contributed by atoms with E-state index >= 15 is 0 Å². The van der Waals surface area contributed by atoms with E-state index in [0.29, 0.717) is 19.3 Å². The fourth-order valence-corrected chi connectivity index (χ4v) is 10.7. The van der Waals surface area contributed by atoms with Gasteiger partial charge in [0.1, 0.15) is 25.4 Å². The van der Waals surface area contributed by atoms with Crippen LogP contribution in [-0.2, 0) is 55.8 Å². The maximum Gasteiger partial charge on any atom is 0.472 e. The third-order valence-corrected chi connectivity index (χ3v) is 16.4. The van der Waals surface area contributed by atoms with Gasteiger partial charge >= 0.3 is 33.6 Å². The molecule has 0 aromatic heterocycles. The lowest BCUT2D eigenvalue weighted by Crippen LogP contribution is -2.30. The Labute approximate surface area is 575 Å². The van der Waals surface area contributed by atoms with Crippen molar-refractivity contribution in [3.63, 3.8) is 0 Å². The van der Waals surface area contributed by atoms with Gasteiger partial charge < -0.3 is 34.2 Å². The molecule has 0 bridgehead atoms. The average Bonchev–Trinajstić information content (AvgIpc) is 2.05. The van der Waals surface area contributed by atoms with Gasteiger partial charge in [0.2, 0.25) is 0 Å². The molecule has 0 amide bonds. The number of carbonyl (C=O) groups excluding carboxylic acids is 3. The van der Waals surface area contributed by atoms with E-state index < -0.39 is 91.5 Å². The molecule has 5 unspecified atom stereocenters. The van der Waals surface area contributed by atoms with Crippen molar-refractivity contribution in [1.82, 2.24) is 0 Å². The van der Waals surface area contributed by atoms with Gasteiger partial charge in [0.25, 0.3) is 0 Å². The van der Waals surface area contributed by atoms with Gasteiger partial charge in [-0.2, -0.15) is 0 Å². The van der Waals surface area contributed by atoms with Gasteiger partial charge in [-0.25, -0.2) is 9.13 Å². The largest absolute Gasteiger partial charge is 0.472 e. The van der Waals surface area contributed by atoms with Gasteiger partial charge in [0.05, 0.1) is 26.4 Å². The molecular formula is C77H128O16P2. The maximum atomic E-state index is 13.0. The van der Waals surface area contributed by atoms with E-state index in [4.69, 9.17) is 32.3 Å². The van der Waals surface area contributed by atoms with E-state index in [1.165, 1.54) is 0 Å². The molecule has 0 heterocycles. The van der Waals surface area contributed by atoms with Crippen LogP contribution < -0.4 is 0 Å². The number of phosphoric acid groups is 2. The second-order valence-electron chi connectivity index (χ2n) is 23.6. The summed E-state index contributed by atoms with van der Waals surface area (Å²) >= 11 is 0. The molecule has 0 radical (unpaired) electrons. The van der Waals surface area contributed by atoms with Gasteiger partial charge in [-0.15, -0.1) is 0 Å². The standard InChI is InChI=1S/C77H128O16P2/c1-4-7-10-13-16-19-22-25-28-31-33-34-35-36-38-41-42-45-48-51-54-57-60-63-75(80)87-66-72(78)67-89-94(83,84)90-68-73(79)69-91-95(85,86)92-71-74(93-77(82)65-62-59-56-53-50-47-44-39-30-27-24-21-18-15-12-9-6-3)70-88-76(81)64-61-58-55-52-49-46-43-40-37-32-29-26-23-20-17-14-11-8-5-2/h7-12,16-21,25-30,33-34,36-38,40,72-74,78-79H,4-6,13-15,22-24,31-32,35,39,41-71H2,1-3H3,(H,83,84)(H,85,86)/b10-7-,11-8-,12-9-,19-16-,20-17-,21-18-,28-25-,29-26-,30-27-,34-33-,38-36-,40-37-. The van der Waals surface area contributed by atoms with Crippen LogP contribution in [0.3, 0.4) is 0 Å². The van der Waals surface area contributed by atoms with Crippen LogP contribution in [0.1, 0.15) is 265 Å². The summed E-state index contributed by atoms with van der Waals surface area (Å²) in [5.74, 6) is -1.62. The summed E-state index contributed by atoms with van der Waals surface area (Å²) in [4.78, 5) is 58.5. The Morgan fingerprint density at radius 1 is 0.295 bits per heavy atom. The molecule has 0 saturated heterocycles. The minimum atomic E-state index is -4.94. The summed E-state index contributed by atoms with van der Waals surface area (Å²) in [6.07, 6.45) is 83.1. The number of unbranched alkanes of at least 4 members (excludes halogenated alkanes) is 20. The third kappa shape index (κ3) is 70.6. The second-order valence-corrected chi connectivity index (χ2v) is 26.5. The molecule has 95 heavy (non-hydrogen) atoms. The normalized spacial score (nSPS) is 15.0. The fourth-order valence-electron chi connectivity index (χ4n) is 9.13. The summed E-state index contributed by atoms with van der Waals surface area (Å²) in [5, 5.41) is 20.6. The van der Waals surface area contributed by atoms with Crippen molar-refractivity contribution in [2.75, 3.05) is 39.6 Å². The number of rotatable bonds is 67. The Kier molecular flexibility index (Phi) is 66.0. The Morgan fingerprint density at radius 3 is 0.832 bits per heavy atom. The van der Waals surface area contributed by atoms with Crippen molar-refractivity contribution in [3.05, 3.63) is 146 Å². The molecule has 16 nitrogen and oxygen atoms in total. The van der Waals surface area contributed by atoms with Gasteiger partial charge in [0, 0.05) is 19.3 Å². The highest BCUT2D eigenvalue weighted by Gasteiger charge is 2.29. The molecule has 0 aromatic carbocycles. The van der Waals surface area contributed by atoms with Crippen LogP contribution in [0, 0.1) is 0 Å². The zero-order valence-corrected chi connectivity index (χ0v) is 60.6. The van der Waals surface area contributed by atoms with E-state index in [2.05, 4.69) is 167 Å². The summed E-state index contributed by atoms with van der Waals surface area (Å²) in [5.41, 5.74) is 0. The van der Waals surface area contributed by atoms with E-state index in [0.717, 1.165) is 205 Å². The molecule has 542 valence electrons. The van der Waals surface area contributed by atoms with Crippen LogP contribution in [0.25, 0.3) is 0 Å². The first-order valence-corrected chi connectivity index (χ1v) is 39.1. The molecule has 0 aliphatic carbocycles. The average molecular weight is 1370 g/mol. The number of aliphatic hydroxyl groups is 2. The molecule has 0 aromatic rings. The quantitative estimate of drug-likeness (QED) is 0.0146. The van der Waals surface area contributed by atoms with Crippen LogP contribution in [0.4, 0.5) is 0 Å². The van der Waals surface area contributed by atoms with E-state index in [1.54, 1.807) is 0 Å². The summed E-state index contributed by atoms with van der Waals surface area (Å²) in [6.45, 7) is 2.29. The summed E-state index contributed by atoms with van der Waals surface area (Å²) < 4.78 is 61.0. The predicted molar refractivity (Wildman–Crippen MR) is 389 cm³/mol. The Balaban J connectivity index is 4.69. The number of hydrogen-bond donors (Lipinski definition) is 4. The highest BCUT2D eigenvalue weighted by atomic mass is 31.2. The second kappa shape index (κ2) is 69.3. The van der Waals surface area contributed by atoms with Gasteiger partial charge in [0.15, 0.2) is 6.10 Å². The lowest BCUT2D eigenvalue weighted by molar-refractivity contribution is -0.161. The molecule has 0 saturated carbocycles. The Bertz CT molecular complexity index is 2310. The van der Waals surface area contributed by atoms with Crippen LogP contribution in [0.15, 0.2) is 146 Å². The summed E-state index contributed by atoms with van der Waals surface area (Å²) in [6, 6.07) is 0. The predicted octanol–water partition coefficient (Wildman–Crippen LogP) is 20.5. The number of aliphatic hydroxyl groups excluding tert-OH is 2. The molecule has 0 fully saturated rings. The van der Waals surface area contributed by atoms with Gasteiger partial charge in [-0.1, -0.05) is 256 Å². The fraction of sp³-hybridized carbons (Fsp3) is 0.649. The van der Waals surface area contributed by atoms with Crippen LogP contribution in [0.2, 0.25) is 0 Å². The molecule has 5 atom stereocenters. The van der Waals surface area contributed by atoms with Crippen molar-refractivity contribution in [1.29, 1.82) is 0 Å². The highest BCUT2D eigenvalue weighted by Crippen LogP contribution is 2.45. The number of carbonyl (C=O) groups is 3. The SMILES string of the molecule is CC/C=C\C/C=C\C/C=C\C/C=C\C/C=C\CCCCCCCCCC(=O)OCC(O)COP(=O)(O)OCC(O)COP(=O)(O)OCC(COC(=O)CCCCCCCC/C=C\C/C=C\C/C=C\C/C=C\CC)OC(=O)CCCCCCCCC/C=C\C/C=C\C/C=C\CC. The van der Waals surface area contributed by atoms with Crippen LogP contribution in [-0.4, -0.2) is 95.9 Å². The van der Waals surface area contributed by atoms with E-state index in [9.17, 15) is 43.5 Å². The first-order chi connectivity index (χ1) is 46.2. The van der Waals surface area contributed by atoms with Gasteiger partial charge in [-0.05, 0) is 135 Å². The lowest BCUT2D eigenvalue weighted by atomic mass is 10.1. The number of esters is 3. The van der Waals surface area contributed by atoms with Gasteiger partial charge in [-0.3, -0.25) is 32.5 Å².